The Morgan fingerprint density at radius 3 is 2.80 bits per heavy atom. The van der Waals surface area contributed by atoms with E-state index in [-0.39, 0.29) is 23.4 Å². The van der Waals surface area contributed by atoms with E-state index >= 15 is 0 Å². The fourth-order valence-electron chi connectivity index (χ4n) is 0.734. The van der Waals surface area contributed by atoms with Crippen LogP contribution >= 0.6 is 11.8 Å². The standard InChI is InChI=1S/C7H9N3O4S/c1-4-8-7(14-10-4)9-5(11)2-15-3-6(12)13/h2-3H2,1H3,(H,12,13)(H,8,9,10,11). The molecule has 8 heteroatoms. The molecule has 0 aliphatic rings. The third-order valence-corrected chi connectivity index (χ3v) is 2.15. The molecular weight excluding hydrogens is 222 g/mol. The molecule has 1 heterocycles. The Hall–Kier alpha value is -1.57. The number of anilines is 1. The number of aryl methyl sites for hydroxylation is 1. The highest BCUT2D eigenvalue weighted by molar-refractivity contribution is 8.00. The Labute approximate surface area is 89.2 Å². The van der Waals surface area contributed by atoms with Gasteiger partial charge in [0.2, 0.25) is 5.91 Å². The molecule has 0 spiro atoms. The van der Waals surface area contributed by atoms with Crippen molar-refractivity contribution < 1.29 is 19.2 Å². The molecular formula is C7H9N3O4S. The lowest BCUT2D eigenvalue weighted by atomic mass is 10.7. The Bertz CT molecular complexity index is 365. The van der Waals surface area contributed by atoms with Gasteiger partial charge in [-0.2, -0.15) is 4.98 Å². The zero-order chi connectivity index (χ0) is 11.3. The lowest BCUT2D eigenvalue weighted by molar-refractivity contribution is -0.133. The first-order chi connectivity index (χ1) is 7.08. The number of carbonyl (C=O) groups is 2. The first kappa shape index (κ1) is 11.5. The molecule has 0 bridgehead atoms. The van der Waals surface area contributed by atoms with Crippen molar-refractivity contribution in [3.05, 3.63) is 5.82 Å². The number of aliphatic carboxylic acids is 1. The summed E-state index contributed by atoms with van der Waals surface area (Å²) in [5.41, 5.74) is 0. The second-order valence-electron chi connectivity index (χ2n) is 2.58. The van der Waals surface area contributed by atoms with Gasteiger partial charge in [-0.1, -0.05) is 5.16 Å². The molecule has 1 aromatic heterocycles. The van der Waals surface area contributed by atoms with Crippen LogP contribution in [0.25, 0.3) is 0 Å². The summed E-state index contributed by atoms with van der Waals surface area (Å²) >= 11 is 0.994. The maximum absolute atomic E-state index is 11.2. The fraction of sp³-hybridized carbons (Fsp3) is 0.429. The first-order valence-corrected chi connectivity index (χ1v) is 5.13. The van der Waals surface area contributed by atoms with Crippen molar-refractivity contribution in [3.63, 3.8) is 0 Å². The summed E-state index contributed by atoms with van der Waals surface area (Å²) in [6, 6.07) is 0.0217. The minimum atomic E-state index is -0.957. The molecule has 0 saturated heterocycles. The molecule has 0 radical (unpaired) electrons. The van der Waals surface area contributed by atoms with Crippen LogP contribution in [0.1, 0.15) is 5.82 Å². The zero-order valence-corrected chi connectivity index (χ0v) is 8.71. The number of carboxylic acid groups (broad SMARTS) is 1. The van der Waals surface area contributed by atoms with E-state index in [2.05, 4.69) is 20.0 Å². The fourth-order valence-corrected chi connectivity index (χ4v) is 1.27. The monoisotopic (exact) mass is 231 g/mol. The molecule has 1 rings (SSSR count). The number of aromatic nitrogens is 2. The average molecular weight is 231 g/mol. The van der Waals surface area contributed by atoms with E-state index in [1.165, 1.54) is 0 Å². The number of amides is 1. The highest BCUT2D eigenvalue weighted by Crippen LogP contribution is 2.04. The van der Waals surface area contributed by atoms with Gasteiger partial charge in [0.1, 0.15) is 0 Å². The van der Waals surface area contributed by atoms with E-state index < -0.39 is 5.97 Å². The summed E-state index contributed by atoms with van der Waals surface area (Å²) in [7, 11) is 0. The van der Waals surface area contributed by atoms with Gasteiger partial charge in [0, 0.05) is 0 Å². The maximum atomic E-state index is 11.2. The normalized spacial score (nSPS) is 9.93. The molecule has 0 unspecified atom stereocenters. The average Bonchev–Trinajstić information content (AvgIpc) is 2.50. The predicted molar refractivity (Wildman–Crippen MR) is 52.6 cm³/mol. The summed E-state index contributed by atoms with van der Waals surface area (Å²) in [6.07, 6.45) is 0. The predicted octanol–water partition coefficient (Wildman–Crippen LogP) is 0.134. The van der Waals surface area contributed by atoms with Crippen LogP contribution in [0.3, 0.4) is 0 Å². The van der Waals surface area contributed by atoms with Crippen molar-refractivity contribution in [2.24, 2.45) is 0 Å². The van der Waals surface area contributed by atoms with Crippen LogP contribution in [-0.4, -0.2) is 38.6 Å². The molecule has 0 aromatic carbocycles. The van der Waals surface area contributed by atoms with Gasteiger partial charge >= 0.3 is 12.0 Å². The third-order valence-electron chi connectivity index (χ3n) is 1.23. The molecule has 2 N–H and O–H groups in total. The van der Waals surface area contributed by atoms with Gasteiger partial charge in [0.15, 0.2) is 5.82 Å². The number of hydrogen-bond donors (Lipinski definition) is 2. The minimum absolute atomic E-state index is 0.0217. The summed E-state index contributed by atoms with van der Waals surface area (Å²) in [5, 5.41) is 14.1. The first-order valence-electron chi connectivity index (χ1n) is 3.97. The van der Waals surface area contributed by atoms with Crippen LogP contribution in [0.5, 0.6) is 0 Å². The quantitative estimate of drug-likeness (QED) is 0.742. The Kier molecular flexibility index (Phi) is 4.10. The van der Waals surface area contributed by atoms with Crippen molar-refractivity contribution in [2.45, 2.75) is 6.92 Å². The smallest absolute Gasteiger partial charge is 0.328 e. The highest BCUT2D eigenvalue weighted by atomic mass is 32.2. The van der Waals surface area contributed by atoms with Crippen LogP contribution in [0.15, 0.2) is 4.52 Å². The second kappa shape index (κ2) is 5.35. The largest absolute Gasteiger partial charge is 0.481 e. The van der Waals surface area contributed by atoms with Gasteiger partial charge in [-0.25, -0.2) is 0 Å². The van der Waals surface area contributed by atoms with Crippen molar-refractivity contribution in [3.8, 4) is 0 Å². The van der Waals surface area contributed by atoms with Crippen molar-refractivity contribution in [1.82, 2.24) is 10.1 Å². The van der Waals surface area contributed by atoms with E-state index in [0.29, 0.717) is 5.82 Å². The number of hydrogen-bond acceptors (Lipinski definition) is 6. The molecule has 15 heavy (non-hydrogen) atoms. The van der Waals surface area contributed by atoms with Crippen LogP contribution in [0, 0.1) is 6.92 Å². The van der Waals surface area contributed by atoms with E-state index in [9.17, 15) is 9.59 Å². The minimum Gasteiger partial charge on any atom is -0.481 e. The number of nitrogens with zero attached hydrogens (tertiary/aromatic N) is 2. The van der Waals surface area contributed by atoms with Gasteiger partial charge in [-0.15, -0.1) is 11.8 Å². The number of thioether (sulfide) groups is 1. The molecule has 1 amide bonds. The maximum Gasteiger partial charge on any atom is 0.328 e. The van der Waals surface area contributed by atoms with E-state index in [0.717, 1.165) is 11.8 Å². The molecule has 0 atom stereocenters. The topological polar surface area (TPSA) is 105 Å². The van der Waals surface area contributed by atoms with Crippen LogP contribution in [-0.2, 0) is 9.59 Å². The second-order valence-corrected chi connectivity index (χ2v) is 3.57. The van der Waals surface area contributed by atoms with Gasteiger partial charge in [-0.3, -0.25) is 14.9 Å². The van der Waals surface area contributed by atoms with Crippen LogP contribution in [0.2, 0.25) is 0 Å². The van der Waals surface area contributed by atoms with Gasteiger partial charge in [-0.05, 0) is 6.92 Å². The van der Waals surface area contributed by atoms with E-state index in [1.807, 2.05) is 0 Å². The number of carbonyl (C=O) groups excluding carboxylic acids is 1. The number of carboxylic acids is 1. The molecule has 0 aliphatic heterocycles. The molecule has 1 aromatic rings. The lowest BCUT2D eigenvalue weighted by Crippen LogP contribution is -2.15. The Morgan fingerprint density at radius 2 is 2.27 bits per heavy atom. The van der Waals surface area contributed by atoms with Crippen LogP contribution < -0.4 is 5.32 Å². The summed E-state index contributed by atoms with van der Waals surface area (Å²) in [5.74, 6) is -0.987. The highest BCUT2D eigenvalue weighted by Gasteiger charge is 2.08. The third kappa shape index (κ3) is 4.45. The molecule has 0 saturated carbocycles. The van der Waals surface area contributed by atoms with Gasteiger partial charge in [0.05, 0.1) is 11.5 Å². The van der Waals surface area contributed by atoms with Gasteiger partial charge < -0.3 is 9.63 Å². The van der Waals surface area contributed by atoms with E-state index in [1.54, 1.807) is 6.92 Å². The number of nitrogens with one attached hydrogen (secondary N) is 1. The molecule has 7 nitrogen and oxygen atoms in total. The Balaban J connectivity index is 2.27. The summed E-state index contributed by atoms with van der Waals surface area (Å²) in [6.45, 7) is 1.62. The van der Waals surface area contributed by atoms with Crippen LogP contribution in [0.4, 0.5) is 6.01 Å². The van der Waals surface area contributed by atoms with Crippen molar-refractivity contribution in [1.29, 1.82) is 0 Å². The molecule has 0 aliphatic carbocycles. The van der Waals surface area contributed by atoms with Crippen molar-refractivity contribution in [2.75, 3.05) is 16.8 Å². The Morgan fingerprint density at radius 1 is 1.53 bits per heavy atom. The molecule has 82 valence electrons. The SMILES string of the molecule is Cc1noc(NC(=O)CSCC(=O)O)n1. The lowest BCUT2D eigenvalue weighted by Gasteiger charge is -1.97. The van der Waals surface area contributed by atoms with Gasteiger partial charge in [0.25, 0.3) is 0 Å². The zero-order valence-electron chi connectivity index (χ0n) is 7.89. The summed E-state index contributed by atoms with van der Waals surface area (Å²) in [4.78, 5) is 25.1. The number of rotatable bonds is 5. The van der Waals surface area contributed by atoms with E-state index in [4.69, 9.17) is 5.11 Å². The summed E-state index contributed by atoms with van der Waals surface area (Å²) < 4.78 is 4.64. The van der Waals surface area contributed by atoms with Crippen molar-refractivity contribution >= 4 is 29.7 Å². The molecule has 0 fully saturated rings.